The van der Waals surface area contributed by atoms with Gasteiger partial charge in [-0.15, -0.1) is 0 Å². The van der Waals surface area contributed by atoms with Crippen LogP contribution < -0.4 is 10.1 Å². The molecule has 0 saturated heterocycles. The molecule has 2 rings (SSSR count). The minimum atomic E-state index is 0.183. The van der Waals surface area contributed by atoms with Crippen LogP contribution in [0.2, 0.25) is 0 Å². The van der Waals surface area contributed by atoms with Crippen molar-refractivity contribution in [2.24, 2.45) is 0 Å². The Balaban J connectivity index is 2.10. The lowest BCUT2D eigenvalue weighted by Gasteiger charge is -2.15. The minimum Gasteiger partial charge on any atom is -0.491 e. The number of halogens is 1. The number of rotatable bonds is 5. The molecule has 0 bridgehead atoms. The lowest BCUT2D eigenvalue weighted by atomic mass is 10.2. The van der Waals surface area contributed by atoms with Crippen molar-refractivity contribution in [2.75, 3.05) is 5.32 Å². The number of para-hydroxylation sites is 1. The zero-order valence-corrected chi connectivity index (χ0v) is 13.7. The Labute approximate surface area is 129 Å². The van der Waals surface area contributed by atoms with Gasteiger partial charge in [-0.1, -0.05) is 24.3 Å². The zero-order chi connectivity index (χ0) is 14.5. The number of anilines is 1. The summed E-state index contributed by atoms with van der Waals surface area (Å²) < 4.78 is 6.91. The van der Waals surface area contributed by atoms with E-state index >= 15 is 0 Å². The van der Waals surface area contributed by atoms with Crippen LogP contribution in [0, 0.1) is 6.92 Å². The fraction of sp³-hybridized carbons (Fsp3) is 0.294. The van der Waals surface area contributed by atoms with Crippen LogP contribution in [0.1, 0.15) is 25.0 Å². The molecule has 0 amide bonds. The third kappa shape index (κ3) is 4.01. The molecular formula is C17H20BrNO. The standard InChI is InChI=1S/C17H20BrNO/c1-12(2)20-17-7-5-4-6-14(17)11-19-16-9-8-13(3)10-15(16)18/h4-10,12,19H,11H2,1-3H3. The Morgan fingerprint density at radius 1 is 1.15 bits per heavy atom. The third-order valence-corrected chi connectivity index (χ3v) is 3.59. The van der Waals surface area contributed by atoms with E-state index in [1.807, 2.05) is 32.0 Å². The Bertz CT molecular complexity index is 581. The fourth-order valence-corrected chi connectivity index (χ4v) is 2.61. The fourth-order valence-electron chi connectivity index (χ4n) is 1.97. The first-order valence-electron chi connectivity index (χ1n) is 6.81. The van der Waals surface area contributed by atoms with Crippen LogP contribution >= 0.6 is 15.9 Å². The highest BCUT2D eigenvalue weighted by Crippen LogP contribution is 2.26. The summed E-state index contributed by atoms with van der Waals surface area (Å²) in [7, 11) is 0. The van der Waals surface area contributed by atoms with Gasteiger partial charge in [-0.05, 0) is 60.5 Å². The zero-order valence-electron chi connectivity index (χ0n) is 12.1. The maximum absolute atomic E-state index is 5.83. The Morgan fingerprint density at radius 3 is 2.60 bits per heavy atom. The first kappa shape index (κ1) is 14.9. The van der Waals surface area contributed by atoms with E-state index in [-0.39, 0.29) is 6.10 Å². The molecule has 0 atom stereocenters. The molecule has 0 saturated carbocycles. The maximum Gasteiger partial charge on any atom is 0.124 e. The summed E-state index contributed by atoms with van der Waals surface area (Å²) in [6, 6.07) is 14.4. The van der Waals surface area contributed by atoms with E-state index in [4.69, 9.17) is 4.74 Å². The number of nitrogens with one attached hydrogen (secondary N) is 1. The summed E-state index contributed by atoms with van der Waals surface area (Å²) in [4.78, 5) is 0. The number of aryl methyl sites for hydroxylation is 1. The van der Waals surface area contributed by atoms with Gasteiger partial charge < -0.3 is 10.1 Å². The SMILES string of the molecule is Cc1ccc(NCc2ccccc2OC(C)C)c(Br)c1. The Morgan fingerprint density at radius 2 is 1.90 bits per heavy atom. The van der Waals surface area contributed by atoms with Crippen molar-refractivity contribution in [3.8, 4) is 5.75 Å². The van der Waals surface area contributed by atoms with Crippen molar-refractivity contribution in [1.82, 2.24) is 0 Å². The van der Waals surface area contributed by atoms with Gasteiger partial charge in [0.1, 0.15) is 5.75 Å². The average molecular weight is 334 g/mol. The van der Waals surface area contributed by atoms with Crippen LogP contribution in [-0.2, 0) is 6.54 Å². The monoisotopic (exact) mass is 333 g/mol. The summed E-state index contributed by atoms with van der Waals surface area (Å²) >= 11 is 3.59. The van der Waals surface area contributed by atoms with Gasteiger partial charge in [0.05, 0.1) is 6.10 Å². The van der Waals surface area contributed by atoms with Crippen LogP contribution in [-0.4, -0.2) is 6.10 Å². The molecule has 0 spiro atoms. The molecular weight excluding hydrogens is 314 g/mol. The van der Waals surface area contributed by atoms with E-state index in [0.29, 0.717) is 0 Å². The van der Waals surface area contributed by atoms with E-state index in [0.717, 1.165) is 28.0 Å². The highest BCUT2D eigenvalue weighted by atomic mass is 79.9. The second-order valence-corrected chi connectivity index (χ2v) is 5.97. The van der Waals surface area contributed by atoms with Crippen LogP contribution in [0.3, 0.4) is 0 Å². The molecule has 0 aliphatic carbocycles. The second-order valence-electron chi connectivity index (χ2n) is 5.11. The first-order valence-corrected chi connectivity index (χ1v) is 7.60. The summed E-state index contributed by atoms with van der Waals surface area (Å²) in [6.07, 6.45) is 0.183. The van der Waals surface area contributed by atoms with E-state index in [1.165, 1.54) is 5.56 Å². The van der Waals surface area contributed by atoms with Gasteiger partial charge in [-0.3, -0.25) is 0 Å². The van der Waals surface area contributed by atoms with Gasteiger partial charge in [0, 0.05) is 22.3 Å². The Hall–Kier alpha value is -1.48. The molecule has 0 aliphatic rings. The lowest BCUT2D eigenvalue weighted by Crippen LogP contribution is -2.09. The Kier molecular flexibility index (Phi) is 5.07. The molecule has 0 aromatic heterocycles. The predicted molar refractivity (Wildman–Crippen MR) is 88.4 cm³/mol. The van der Waals surface area contributed by atoms with Crippen LogP contribution in [0.15, 0.2) is 46.9 Å². The van der Waals surface area contributed by atoms with Crippen molar-refractivity contribution < 1.29 is 4.74 Å². The van der Waals surface area contributed by atoms with E-state index < -0.39 is 0 Å². The normalized spacial score (nSPS) is 10.7. The number of hydrogen-bond donors (Lipinski definition) is 1. The van der Waals surface area contributed by atoms with Crippen molar-refractivity contribution in [1.29, 1.82) is 0 Å². The van der Waals surface area contributed by atoms with Crippen molar-refractivity contribution >= 4 is 21.6 Å². The van der Waals surface area contributed by atoms with Gasteiger partial charge in [-0.2, -0.15) is 0 Å². The summed E-state index contributed by atoms with van der Waals surface area (Å²) in [5.74, 6) is 0.943. The van der Waals surface area contributed by atoms with Crippen molar-refractivity contribution in [2.45, 2.75) is 33.4 Å². The van der Waals surface area contributed by atoms with Gasteiger partial charge in [0.25, 0.3) is 0 Å². The van der Waals surface area contributed by atoms with E-state index in [9.17, 15) is 0 Å². The number of benzene rings is 2. The van der Waals surface area contributed by atoms with Gasteiger partial charge >= 0.3 is 0 Å². The summed E-state index contributed by atoms with van der Waals surface area (Å²) in [5, 5.41) is 3.44. The largest absolute Gasteiger partial charge is 0.491 e. The van der Waals surface area contributed by atoms with E-state index in [2.05, 4.69) is 52.4 Å². The molecule has 0 heterocycles. The number of hydrogen-bond acceptors (Lipinski definition) is 2. The molecule has 1 N–H and O–H groups in total. The van der Waals surface area contributed by atoms with Gasteiger partial charge in [0.15, 0.2) is 0 Å². The summed E-state index contributed by atoms with van der Waals surface area (Å²) in [6.45, 7) is 6.91. The highest BCUT2D eigenvalue weighted by Gasteiger charge is 2.06. The van der Waals surface area contributed by atoms with E-state index in [1.54, 1.807) is 0 Å². The molecule has 0 aliphatic heterocycles. The summed E-state index contributed by atoms with van der Waals surface area (Å²) in [5.41, 5.74) is 3.49. The van der Waals surface area contributed by atoms with Crippen molar-refractivity contribution in [3.63, 3.8) is 0 Å². The first-order chi connectivity index (χ1) is 9.56. The molecule has 0 unspecified atom stereocenters. The molecule has 2 aromatic carbocycles. The molecule has 2 aromatic rings. The molecule has 0 radical (unpaired) electrons. The second kappa shape index (κ2) is 6.80. The predicted octanol–water partition coefficient (Wildman–Crippen LogP) is 5.16. The molecule has 106 valence electrons. The minimum absolute atomic E-state index is 0.183. The molecule has 20 heavy (non-hydrogen) atoms. The quantitative estimate of drug-likeness (QED) is 0.816. The van der Waals surface area contributed by atoms with Crippen LogP contribution in [0.4, 0.5) is 5.69 Å². The lowest BCUT2D eigenvalue weighted by molar-refractivity contribution is 0.240. The third-order valence-electron chi connectivity index (χ3n) is 2.93. The van der Waals surface area contributed by atoms with Crippen molar-refractivity contribution in [3.05, 3.63) is 58.1 Å². The average Bonchev–Trinajstić information content (AvgIpc) is 2.39. The molecule has 0 fully saturated rings. The number of ether oxygens (including phenoxy) is 1. The molecule has 2 nitrogen and oxygen atoms in total. The highest BCUT2D eigenvalue weighted by molar-refractivity contribution is 9.10. The van der Waals surface area contributed by atoms with Crippen LogP contribution in [0.25, 0.3) is 0 Å². The van der Waals surface area contributed by atoms with Gasteiger partial charge in [-0.25, -0.2) is 0 Å². The van der Waals surface area contributed by atoms with Gasteiger partial charge in [0.2, 0.25) is 0 Å². The smallest absolute Gasteiger partial charge is 0.124 e. The van der Waals surface area contributed by atoms with Crippen LogP contribution in [0.5, 0.6) is 5.75 Å². The topological polar surface area (TPSA) is 21.3 Å². The molecule has 3 heteroatoms. The maximum atomic E-state index is 5.83.